The summed E-state index contributed by atoms with van der Waals surface area (Å²) in [4.78, 5) is 9.54. The lowest BCUT2D eigenvalue weighted by Gasteiger charge is -2.15. The second kappa shape index (κ2) is 12.1. The summed E-state index contributed by atoms with van der Waals surface area (Å²) in [5.41, 5.74) is 2.44. The van der Waals surface area contributed by atoms with Crippen LogP contribution in [0.3, 0.4) is 0 Å². The minimum atomic E-state index is -0.841. The number of aliphatic hydroxyl groups excluding tert-OH is 1. The van der Waals surface area contributed by atoms with Crippen molar-refractivity contribution in [1.29, 1.82) is 0 Å². The highest BCUT2D eigenvalue weighted by molar-refractivity contribution is 7.99. The Kier molecular flexibility index (Phi) is 8.61. The van der Waals surface area contributed by atoms with E-state index in [0.29, 0.717) is 54.6 Å². The fourth-order valence-electron chi connectivity index (χ4n) is 4.85. The van der Waals surface area contributed by atoms with Crippen molar-refractivity contribution in [2.75, 3.05) is 37.5 Å². The molecule has 2 aliphatic carbocycles. The van der Waals surface area contributed by atoms with Crippen molar-refractivity contribution in [3.63, 3.8) is 0 Å². The van der Waals surface area contributed by atoms with E-state index in [1.807, 2.05) is 4.68 Å². The molecule has 12 heteroatoms. The van der Waals surface area contributed by atoms with Crippen LogP contribution in [0, 0.1) is 17.6 Å². The second-order valence-corrected chi connectivity index (χ2v) is 10.9. The van der Waals surface area contributed by atoms with E-state index in [1.54, 1.807) is 17.8 Å². The fraction of sp³-hybridized carbons (Fsp3) is 0.577. The van der Waals surface area contributed by atoms with E-state index in [-0.39, 0.29) is 24.7 Å². The summed E-state index contributed by atoms with van der Waals surface area (Å²) in [5, 5.41) is 21.8. The smallest absolute Gasteiger partial charge is 0.338 e. The highest BCUT2D eigenvalue weighted by atomic mass is 32.2. The van der Waals surface area contributed by atoms with Gasteiger partial charge in [-0.1, -0.05) is 36.7 Å². The summed E-state index contributed by atoms with van der Waals surface area (Å²) in [7, 11) is 0. The van der Waals surface area contributed by atoms with Crippen LogP contribution in [0.2, 0.25) is 0 Å². The molecule has 204 valence electrons. The van der Waals surface area contributed by atoms with E-state index in [9.17, 15) is 8.78 Å². The molecule has 0 saturated heterocycles. The first-order valence-electron chi connectivity index (χ1n) is 13.1. The molecule has 4 unspecified atom stereocenters. The van der Waals surface area contributed by atoms with Crippen LogP contribution in [0.4, 0.5) is 26.1 Å². The number of ether oxygens (including phenoxy) is 2. The van der Waals surface area contributed by atoms with Crippen LogP contribution in [-0.2, 0) is 9.47 Å². The molecule has 2 fully saturated rings. The second-order valence-electron chi connectivity index (χ2n) is 9.84. The Hall–Kier alpha value is -2.54. The number of nitrogens with one attached hydrogen (secondary N) is 1. The molecule has 1 aromatic heterocycles. The molecule has 1 aliphatic heterocycles. The highest BCUT2D eigenvalue weighted by Gasteiger charge is 2.43. The largest absolute Gasteiger partial charge is 0.394 e. The van der Waals surface area contributed by atoms with Crippen molar-refractivity contribution in [3.05, 3.63) is 35.4 Å². The van der Waals surface area contributed by atoms with E-state index in [1.165, 1.54) is 12.1 Å². The number of nitrogens with zero attached hydrogens (tertiary/aromatic N) is 5. The average molecular weight is 548 g/mol. The number of thioether (sulfide) groups is 1. The first-order chi connectivity index (χ1) is 18.5. The number of hydrogen-bond acceptors (Lipinski definition) is 9. The molecule has 4 atom stereocenters. The van der Waals surface area contributed by atoms with Crippen LogP contribution in [0.15, 0.2) is 33.7 Å². The Morgan fingerprint density at radius 3 is 2.82 bits per heavy atom. The van der Waals surface area contributed by atoms with Crippen molar-refractivity contribution in [1.82, 2.24) is 9.97 Å². The lowest BCUT2D eigenvalue weighted by atomic mass is 10.1. The predicted octanol–water partition coefficient (Wildman–Crippen LogP) is 5.15. The maximum absolute atomic E-state index is 13.8. The quantitative estimate of drug-likeness (QED) is 0.164. The lowest BCUT2D eigenvalue weighted by Crippen LogP contribution is -2.19. The van der Waals surface area contributed by atoms with Crippen LogP contribution in [0.25, 0.3) is 0 Å². The highest BCUT2D eigenvalue weighted by Crippen LogP contribution is 2.47. The van der Waals surface area contributed by atoms with E-state index in [0.717, 1.165) is 36.3 Å². The zero-order chi connectivity index (χ0) is 26.6. The summed E-state index contributed by atoms with van der Waals surface area (Å²) in [5.74, 6) is 0.847. The molecular weight excluding hydrogens is 514 g/mol. The summed E-state index contributed by atoms with van der Waals surface area (Å²) in [6.45, 7) is 5.48. The van der Waals surface area contributed by atoms with Crippen LogP contribution in [0.5, 0.6) is 0 Å². The monoisotopic (exact) mass is 547 g/mol. The molecule has 2 N–H and O–H groups in total. The summed E-state index contributed by atoms with van der Waals surface area (Å²) in [6, 6.07) is 4.11. The molecule has 0 amide bonds. The zero-order valence-electron chi connectivity index (χ0n) is 21.6. The lowest BCUT2D eigenvalue weighted by molar-refractivity contribution is -0.453. The number of aliphatic hydroxyl groups is 1. The summed E-state index contributed by atoms with van der Waals surface area (Å²) >= 11 is 1.58. The molecule has 0 radical (unpaired) electrons. The molecular formula is C26H33F2N6O3S+. The minimum Gasteiger partial charge on any atom is -0.394 e. The van der Waals surface area contributed by atoms with Gasteiger partial charge in [0.2, 0.25) is 0 Å². The van der Waals surface area contributed by atoms with Crippen molar-refractivity contribution in [3.8, 4) is 0 Å². The van der Waals surface area contributed by atoms with Crippen LogP contribution in [0.1, 0.15) is 51.0 Å². The first-order valence-corrected chi connectivity index (χ1v) is 14.1. The Labute approximate surface area is 224 Å². The molecule has 38 heavy (non-hydrogen) atoms. The normalized spacial score (nSPS) is 25.7. The van der Waals surface area contributed by atoms with E-state index in [2.05, 4.69) is 29.5 Å². The number of benzene rings is 1. The maximum atomic E-state index is 13.8. The van der Waals surface area contributed by atoms with E-state index >= 15 is 0 Å². The van der Waals surface area contributed by atoms with Gasteiger partial charge in [0.05, 0.1) is 43.5 Å². The number of halogens is 2. The van der Waals surface area contributed by atoms with Crippen molar-refractivity contribution < 1.29 is 28.0 Å². The Morgan fingerprint density at radius 2 is 2.03 bits per heavy atom. The summed E-state index contributed by atoms with van der Waals surface area (Å²) in [6.07, 6.45) is 3.34. The van der Waals surface area contributed by atoms with Crippen LogP contribution in [-0.4, -0.2) is 69.8 Å². The molecule has 0 spiro atoms. The topological polar surface area (TPSA) is 104 Å². The molecule has 5 rings (SSSR count). The van der Waals surface area contributed by atoms with Gasteiger partial charge in [0, 0.05) is 35.7 Å². The number of anilines is 1. The molecule has 9 nitrogen and oxygen atoms in total. The van der Waals surface area contributed by atoms with Gasteiger partial charge in [-0.15, -0.1) is 4.68 Å². The number of aromatic nitrogens is 2. The fourth-order valence-corrected chi connectivity index (χ4v) is 5.54. The van der Waals surface area contributed by atoms with Gasteiger partial charge >= 0.3 is 5.82 Å². The molecule has 1 aromatic carbocycles. The number of fused-ring (bicyclic) bond motifs is 1. The molecule has 3 aliphatic rings. The molecule has 0 bridgehead atoms. The zero-order valence-corrected chi connectivity index (χ0v) is 22.4. The van der Waals surface area contributed by atoms with Gasteiger partial charge in [-0.2, -0.15) is 4.98 Å². The van der Waals surface area contributed by atoms with Gasteiger partial charge in [0.15, 0.2) is 17.5 Å². The number of hydrogen-bond donors (Lipinski definition) is 2. The van der Waals surface area contributed by atoms with Gasteiger partial charge in [0.1, 0.15) is 0 Å². The Balaban J connectivity index is 1.34. The summed E-state index contributed by atoms with van der Waals surface area (Å²) < 4.78 is 40.3. The Morgan fingerprint density at radius 1 is 1.16 bits per heavy atom. The SMILES string of the molecule is CCCSc1nc(NC2CC2c2ccc(F)c(F)c2)c2c(n1)[N+](=C1CC(C)C(OCCOCCO)C1)N=N2. The Bertz CT molecular complexity index is 1230. The number of rotatable bonds is 12. The third-order valence-electron chi connectivity index (χ3n) is 6.92. The van der Waals surface area contributed by atoms with Crippen molar-refractivity contribution in [2.45, 2.75) is 62.8 Å². The average Bonchev–Trinajstić information content (AvgIpc) is 3.37. The maximum Gasteiger partial charge on any atom is 0.338 e. The van der Waals surface area contributed by atoms with Gasteiger partial charge in [0.25, 0.3) is 10.8 Å². The molecule has 2 saturated carbocycles. The molecule has 2 aromatic rings. The first kappa shape index (κ1) is 27.0. The van der Waals surface area contributed by atoms with Crippen molar-refractivity contribution in [2.24, 2.45) is 16.3 Å². The van der Waals surface area contributed by atoms with E-state index < -0.39 is 11.6 Å². The predicted molar refractivity (Wildman–Crippen MR) is 140 cm³/mol. The van der Waals surface area contributed by atoms with Gasteiger partial charge in [-0.3, -0.25) is 0 Å². The van der Waals surface area contributed by atoms with Gasteiger partial charge in [-0.05, 0) is 36.5 Å². The molecule has 2 heterocycles. The van der Waals surface area contributed by atoms with Crippen molar-refractivity contribution >= 4 is 34.8 Å². The third-order valence-corrected chi connectivity index (χ3v) is 7.98. The van der Waals surface area contributed by atoms with E-state index in [4.69, 9.17) is 24.5 Å². The van der Waals surface area contributed by atoms with Crippen LogP contribution < -0.4 is 5.32 Å². The minimum absolute atomic E-state index is 0.000550. The third kappa shape index (κ3) is 6.03. The van der Waals surface area contributed by atoms with Gasteiger partial charge < -0.3 is 19.9 Å². The standard InChI is InChI=1S/C26H33F2N6O3S/c1-3-10-38-26-30-24(29-21-14-18(21)16-4-5-19(27)20(28)12-16)23-25(31-26)34(33-32-23)17-11-15(2)22(13-17)37-9-8-36-7-6-35/h4-5,12,15,18,21-22,35H,3,6-11,13-14H2,1-2H3,(H,29,30,31)/q+1. The van der Waals surface area contributed by atoms with Crippen LogP contribution >= 0.6 is 11.8 Å². The van der Waals surface area contributed by atoms with Gasteiger partial charge in [-0.25, -0.2) is 8.78 Å².